The van der Waals surface area contributed by atoms with Crippen molar-refractivity contribution in [3.8, 4) is 6.19 Å². The highest BCUT2D eigenvalue weighted by Crippen LogP contribution is 2.43. The molecule has 2 rings (SSSR count). The first-order valence-electron chi connectivity index (χ1n) is 7.46. The fraction of sp³-hybridized carbons (Fsp3) is 0.867. The summed E-state index contributed by atoms with van der Waals surface area (Å²) in [6.45, 7) is 7.40. The number of carbonyl (C=O) groups is 1. The van der Waals surface area contributed by atoms with Gasteiger partial charge in [0.25, 0.3) is 0 Å². The minimum atomic E-state index is -0.446. The Hall–Kier alpha value is -1.44. The lowest BCUT2D eigenvalue weighted by Crippen LogP contribution is -2.43. The second kappa shape index (κ2) is 5.51. The van der Waals surface area contributed by atoms with E-state index in [1.54, 1.807) is 0 Å². The van der Waals surface area contributed by atoms with E-state index in [1.807, 2.05) is 25.7 Å². The van der Waals surface area contributed by atoms with Crippen LogP contribution in [0.25, 0.3) is 0 Å². The Morgan fingerprint density at radius 3 is 2.50 bits per heavy atom. The molecule has 1 heterocycles. The number of hydrogen-bond donors (Lipinski definition) is 1. The molecule has 1 spiro atoms. The van der Waals surface area contributed by atoms with Crippen molar-refractivity contribution >= 4 is 6.09 Å². The van der Waals surface area contributed by atoms with Gasteiger partial charge in [-0.05, 0) is 58.3 Å². The van der Waals surface area contributed by atoms with Crippen molar-refractivity contribution in [2.75, 3.05) is 13.1 Å². The Bertz CT molecular complexity index is 400. The molecule has 1 aliphatic heterocycles. The van der Waals surface area contributed by atoms with E-state index in [-0.39, 0.29) is 12.1 Å². The van der Waals surface area contributed by atoms with Gasteiger partial charge in [-0.1, -0.05) is 0 Å². The number of ether oxygens (including phenoxy) is 1. The summed E-state index contributed by atoms with van der Waals surface area (Å²) in [5.74, 6) is 0. The van der Waals surface area contributed by atoms with Crippen LogP contribution in [0.3, 0.4) is 0 Å². The lowest BCUT2D eigenvalue weighted by atomic mass is 9.72. The third-order valence-electron chi connectivity index (χ3n) is 4.35. The van der Waals surface area contributed by atoms with Gasteiger partial charge in [-0.2, -0.15) is 5.26 Å². The van der Waals surface area contributed by atoms with Gasteiger partial charge in [-0.3, -0.25) is 0 Å². The zero-order chi connectivity index (χ0) is 14.8. The molecular formula is C15H25N3O2. The molecule has 0 aromatic heterocycles. The van der Waals surface area contributed by atoms with Crippen molar-refractivity contribution in [1.29, 1.82) is 5.26 Å². The van der Waals surface area contributed by atoms with Crippen LogP contribution >= 0.6 is 0 Å². The van der Waals surface area contributed by atoms with Gasteiger partial charge in [0.2, 0.25) is 0 Å². The summed E-state index contributed by atoms with van der Waals surface area (Å²) in [7, 11) is 0. The molecule has 1 N–H and O–H groups in total. The lowest BCUT2D eigenvalue weighted by Gasteiger charge is -2.37. The third kappa shape index (κ3) is 3.78. The third-order valence-corrected chi connectivity index (χ3v) is 4.35. The average molecular weight is 279 g/mol. The highest BCUT2D eigenvalue weighted by molar-refractivity contribution is 5.68. The lowest BCUT2D eigenvalue weighted by molar-refractivity contribution is 0.0471. The van der Waals surface area contributed by atoms with Crippen molar-refractivity contribution in [3.63, 3.8) is 0 Å². The SMILES string of the molecule is CC(C)(C)OC(=O)NC1CCC2(CC1)CCN(C#N)C2. The molecule has 0 aromatic rings. The monoisotopic (exact) mass is 279 g/mol. The standard InChI is InChI=1S/C15H25N3O2/c1-14(2,3)20-13(19)17-12-4-6-15(7-5-12)8-9-18(10-15)11-16/h12H,4-10H2,1-3H3,(H,17,19). The van der Waals surface area contributed by atoms with Gasteiger partial charge in [0.15, 0.2) is 6.19 Å². The molecule has 5 heteroatoms. The minimum Gasteiger partial charge on any atom is -0.444 e. The summed E-state index contributed by atoms with van der Waals surface area (Å²) in [6, 6.07) is 0.214. The van der Waals surface area contributed by atoms with Crippen LogP contribution in [0.2, 0.25) is 0 Å². The number of rotatable bonds is 1. The molecule has 0 unspecified atom stereocenters. The van der Waals surface area contributed by atoms with Crippen LogP contribution in [0.5, 0.6) is 0 Å². The Labute approximate surface area is 121 Å². The van der Waals surface area contributed by atoms with Crippen LogP contribution in [0, 0.1) is 16.9 Å². The summed E-state index contributed by atoms with van der Waals surface area (Å²) in [5.41, 5.74) is -0.138. The van der Waals surface area contributed by atoms with Gasteiger partial charge < -0.3 is 15.0 Å². The largest absolute Gasteiger partial charge is 0.444 e. The maximum atomic E-state index is 11.8. The Kier molecular flexibility index (Phi) is 4.12. The molecule has 2 aliphatic rings. The van der Waals surface area contributed by atoms with E-state index in [0.29, 0.717) is 5.41 Å². The van der Waals surface area contributed by atoms with Crippen molar-refractivity contribution in [3.05, 3.63) is 0 Å². The highest BCUT2D eigenvalue weighted by Gasteiger charge is 2.41. The number of nitrogens with one attached hydrogen (secondary N) is 1. The number of carbonyl (C=O) groups excluding carboxylic acids is 1. The van der Waals surface area contributed by atoms with Crippen molar-refractivity contribution in [2.24, 2.45) is 5.41 Å². The topological polar surface area (TPSA) is 65.4 Å². The van der Waals surface area contributed by atoms with Gasteiger partial charge in [-0.25, -0.2) is 4.79 Å². The molecule has 20 heavy (non-hydrogen) atoms. The number of alkyl carbamates (subject to hydrolysis) is 1. The number of hydrogen-bond acceptors (Lipinski definition) is 4. The second-order valence-corrected chi connectivity index (χ2v) is 7.19. The zero-order valence-electron chi connectivity index (χ0n) is 12.7. The highest BCUT2D eigenvalue weighted by atomic mass is 16.6. The summed E-state index contributed by atoms with van der Waals surface area (Å²) < 4.78 is 5.29. The second-order valence-electron chi connectivity index (χ2n) is 7.19. The van der Waals surface area contributed by atoms with E-state index in [4.69, 9.17) is 10.00 Å². The molecule has 0 atom stereocenters. The summed E-state index contributed by atoms with van der Waals surface area (Å²) in [5, 5.41) is 11.9. The first-order chi connectivity index (χ1) is 9.32. The smallest absolute Gasteiger partial charge is 0.407 e. The molecule has 1 amide bonds. The van der Waals surface area contributed by atoms with Gasteiger partial charge in [0.05, 0.1) is 0 Å². The molecule has 0 aromatic carbocycles. The van der Waals surface area contributed by atoms with Crippen LogP contribution in [0.1, 0.15) is 52.9 Å². The molecule has 0 bridgehead atoms. The maximum Gasteiger partial charge on any atom is 0.407 e. The number of nitrogens with zero attached hydrogens (tertiary/aromatic N) is 2. The van der Waals surface area contributed by atoms with E-state index in [2.05, 4.69) is 11.5 Å². The molecule has 1 saturated carbocycles. The minimum absolute atomic E-state index is 0.214. The maximum absolute atomic E-state index is 11.8. The van der Waals surface area contributed by atoms with Gasteiger partial charge in [-0.15, -0.1) is 0 Å². The molecule has 1 aliphatic carbocycles. The van der Waals surface area contributed by atoms with E-state index >= 15 is 0 Å². The number of nitriles is 1. The van der Waals surface area contributed by atoms with E-state index in [1.165, 1.54) is 0 Å². The van der Waals surface area contributed by atoms with Gasteiger partial charge >= 0.3 is 6.09 Å². The quantitative estimate of drug-likeness (QED) is 0.749. The fourth-order valence-electron chi connectivity index (χ4n) is 3.28. The predicted octanol–water partition coefficient (Wildman–Crippen LogP) is 2.63. The average Bonchev–Trinajstić information content (AvgIpc) is 2.74. The van der Waals surface area contributed by atoms with Crippen LogP contribution in [-0.2, 0) is 4.74 Å². The van der Waals surface area contributed by atoms with Crippen LogP contribution in [0.15, 0.2) is 0 Å². The Balaban J connectivity index is 1.78. The zero-order valence-corrected chi connectivity index (χ0v) is 12.7. The van der Waals surface area contributed by atoms with E-state index in [9.17, 15) is 4.79 Å². The van der Waals surface area contributed by atoms with Gasteiger partial charge in [0, 0.05) is 19.1 Å². The fourth-order valence-corrected chi connectivity index (χ4v) is 3.28. The van der Waals surface area contributed by atoms with Gasteiger partial charge in [0.1, 0.15) is 5.60 Å². The predicted molar refractivity (Wildman–Crippen MR) is 75.9 cm³/mol. The number of amides is 1. The number of likely N-dealkylation sites (tertiary alicyclic amines) is 1. The van der Waals surface area contributed by atoms with E-state index in [0.717, 1.165) is 45.2 Å². The van der Waals surface area contributed by atoms with E-state index < -0.39 is 5.60 Å². The first kappa shape index (κ1) is 15.0. The van der Waals surface area contributed by atoms with Crippen LogP contribution in [-0.4, -0.2) is 35.7 Å². The molecule has 0 radical (unpaired) electrons. The summed E-state index contributed by atoms with van der Waals surface area (Å²) >= 11 is 0. The molecule has 1 saturated heterocycles. The van der Waals surface area contributed by atoms with Crippen molar-refractivity contribution in [2.45, 2.75) is 64.5 Å². The van der Waals surface area contributed by atoms with Crippen molar-refractivity contribution in [1.82, 2.24) is 10.2 Å². The Morgan fingerprint density at radius 2 is 2.00 bits per heavy atom. The molecular weight excluding hydrogens is 254 g/mol. The normalized spacial score (nSPS) is 30.1. The van der Waals surface area contributed by atoms with Crippen LogP contribution in [0.4, 0.5) is 4.79 Å². The Morgan fingerprint density at radius 1 is 1.35 bits per heavy atom. The summed E-state index contributed by atoms with van der Waals surface area (Å²) in [4.78, 5) is 13.6. The molecule has 5 nitrogen and oxygen atoms in total. The molecule has 112 valence electrons. The van der Waals surface area contributed by atoms with Crippen molar-refractivity contribution < 1.29 is 9.53 Å². The molecule has 2 fully saturated rings. The first-order valence-corrected chi connectivity index (χ1v) is 7.46. The van der Waals surface area contributed by atoms with Crippen LogP contribution < -0.4 is 5.32 Å². The summed E-state index contributed by atoms with van der Waals surface area (Å²) in [6.07, 6.45) is 7.19.